The molecule has 1 aromatic rings. The van der Waals surface area contributed by atoms with Gasteiger partial charge >= 0.3 is 6.18 Å². The van der Waals surface area contributed by atoms with E-state index in [1.807, 2.05) is 4.90 Å². The number of piperazine rings is 1. The summed E-state index contributed by atoms with van der Waals surface area (Å²) in [6, 6.07) is 5.53. The first-order chi connectivity index (χ1) is 9.45. The van der Waals surface area contributed by atoms with Crippen LogP contribution in [0, 0.1) is 11.3 Å². The molecule has 0 bridgehead atoms. The maximum absolute atomic E-state index is 12.9. The van der Waals surface area contributed by atoms with Crippen LogP contribution < -0.4 is 4.90 Å². The molecular formula is C14H16F3N3. The predicted octanol–water partition coefficient (Wildman–Crippen LogP) is 2.72. The number of nitrogens with zero attached hydrogens (tertiary/aromatic N) is 3. The zero-order valence-corrected chi connectivity index (χ0v) is 11.2. The van der Waals surface area contributed by atoms with Gasteiger partial charge in [-0.2, -0.15) is 18.4 Å². The quantitative estimate of drug-likeness (QED) is 0.836. The van der Waals surface area contributed by atoms with Crippen LogP contribution in [0.15, 0.2) is 18.2 Å². The number of nitriles is 1. The van der Waals surface area contributed by atoms with Gasteiger partial charge in [0.1, 0.15) is 0 Å². The van der Waals surface area contributed by atoms with Gasteiger partial charge in [0.2, 0.25) is 0 Å². The van der Waals surface area contributed by atoms with Crippen molar-refractivity contribution in [3.8, 4) is 6.07 Å². The minimum absolute atomic E-state index is 0.326. The molecule has 0 atom stereocenters. The minimum Gasteiger partial charge on any atom is -0.369 e. The molecule has 1 saturated heterocycles. The van der Waals surface area contributed by atoms with Crippen LogP contribution in [-0.4, -0.2) is 37.6 Å². The van der Waals surface area contributed by atoms with E-state index in [2.05, 4.69) is 11.8 Å². The van der Waals surface area contributed by atoms with E-state index in [1.54, 1.807) is 12.1 Å². The van der Waals surface area contributed by atoms with Crippen LogP contribution in [0.2, 0.25) is 0 Å². The first-order valence-electron chi connectivity index (χ1n) is 6.54. The van der Waals surface area contributed by atoms with E-state index in [0.29, 0.717) is 18.8 Å². The van der Waals surface area contributed by atoms with Crippen LogP contribution in [0.25, 0.3) is 0 Å². The Morgan fingerprint density at radius 3 is 2.35 bits per heavy atom. The number of anilines is 1. The van der Waals surface area contributed by atoms with Crippen LogP contribution in [-0.2, 0) is 6.18 Å². The summed E-state index contributed by atoms with van der Waals surface area (Å²) < 4.78 is 38.8. The van der Waals surface area contributed by atoms with Gasteiger partial charge in [-0.15, -0.1) is 0 Å². The van der Waals surface area contributed by atoms with Gasteiger partial charge in [0.25, 0.3) is 0 Å². The number of hydrogen-bond donors (Lipinski definition) is 0. The highest BCUT2D eigenvalue weighted by molar-refractivity contribution is 5.55. The minimum atomic E-state index is -4.49. The third-order valence-electron chi connectivity index (χ3n) is 3.61. The van der Waals surface area contributed by atoms with E-state index in [4.69, 9.17) is 5.26 Å². The maximum atomic E-state index is 12.9. The van der Waals surface area contributed by atoms with E-state index in [1.165, 1.54) is 6.07 Å². The van der Waals surface area contributed by atoms with Crippen molar-refractivity contribution in [1.29, 1.82) is 5.26 Å². The van der Waals surface area contributed by atoms with Gasteiger partial charge < -0.3 is 9.80 Å². The molecule has 0 N–H and O–H groups in total. The zero-order valence-electron chi connectivity index (χ0n) is 11.2. The van der Waals surface area contributed by atoms with Crippen LogP contribution in [0.1, 0.15) is 18.1 Å². The van der Waals surface area contributed by atoms with Crippen molar-refractivity contribution >= 4 is 5.69 Å². The second-order valence-corrected chi connectivity index (χ2v) is 4.76. The molecule has 20 heavy (non-hydrogen) atoms. The Kier molecular flexibility index (Phi) is 4.19. The van der Waals surface area contributed by atoms with Gasteiger partial charge in [0, 0.05) is 31.9 Å². The second-order valence-electron chi connectivity index (χ2n) is 4.76. The maximum Gasteiger partial charge on any atom is 0.417 e. The number of alkyl halides is 3. The van der Waals surface area contributed by atoms with E-state index in [-0.39, 0.29) is 5.56 Å². The SMILES string of the molecule is CCN1CCN(c2ccc(C#N)c(C(F)(F)F)c2)CC1. The summed E-state index contributed by atoms with van der Waals surface area (Å²) >= 11 is 0. The molecule has 0 aliphatic carbocycles. The third-order valence-corrected chi connectivity index (χ3v) is 3.61. The number of rotatable bonds is 2. The fourth-order valence-corrected chi connectivity index (χ4v) is 2.38. The number of halogens is 3. The molecular weight excluding hydrogens is 267 g/mol. The van der Waals surface area contributed by atoms with E-state index < -0.39 is 11.7 Å². The van der Waals surface area contributed by atoms with Gasteiger partial charge in [0.05, 0.1) is 17.2 Å². The molecule has 2 rings (SSSR count). The number of hydrogen-bond acceptors (Lipinski definition) is 3. The fraction of sp³-hybridized carbons (Fsp3) is 0.500. The van der Waals surface area contributed by atoms with Crippen LogP contribution in [0.3, 0.4) is 0 Å². The zero-order chi connectivity index (χ0) is 14.8. The summed E-state index contributed by atoms with van der Waals surface area (Å²) in [7, 11) is 0. The Morgan fingerprint density at radius 2 is 1.85 bits per heavy atom. The topological polar surface area (TPSA) is 30.3 Å². The van der Waals surface area contributed by atoms with Gasteiger partial charge in [0.15, 0.2) is 0 Å². The normalized spacial score (nSPS) is 17.1. The summed E-state index contributed by atoms with van der Waals surface area (Å²) in [5, 5.41) is 8.78. The summed E-state index contributed by atoms with van der Waals surface area (Å²) in [6.07, 6.45) is -4.49. The van der Waals surface area contributed by atoms with Gasteiger partial charge in [-0.05, 0) is 24.7 Å². The van der Waals surface area contributed by atoms with Crippen LogP contribution in [0.4, 0.5) is 18.9 Å². The molecule has 0 aromatic heterocycles. The van der Waals surface area contributed by atoms with Crippen LogP contribution in [0.5, 0.6) is 0 Å². The fourth-order valence-electron chi connectivity index (χ4n) is 2.38. The highest BCUT2D eigenvalue weighted by atomic mass is 19.4. The molecule has 1 fully saturated rings. The molecule has 0 unspecified atom stereocenters. The average Bonchev–Trinajstić information content (AvgIpc) is 2.46. The lowest BCUT2D eigenvalue weighted by molar-refractivity contribution is -0.137. The Morgan fingerprint density at radius 1 is 1.20 bits per heavy atom. The Balaban J connectivity index is 2.24. The summed E-state index contributed by atoms with van der Waals surface area (Å²) in [6.45, 7) is 6.12. The molecule has 6 heteroatoms. The molecule has 0 spiro atoms. The molecule has 0 radical (unpaired) electrons. The third kappa shape index (κ3) is 3.05. The smallest absolute Gasteiger partial charge is 0.369 e. The Bertz CT molecular complexity index is 511. The largest absolute Gasteiger partial charge is 0.417 e. The highest BCUT2D eigenvalue weighted by Gasteiger charge is 2.34. The van der Waals surface area contributed by atoms with Crippen molar-refractivity contribution < 1.29 is 13.2 Å². The Hall–Kier alpha value is -1.74. The first kappa shape index (κ1) is 14.7. The van der Waals surface area contributed by atoms with Crippen molar-refractivity contribution in [3.05, 3.63) is 29.3 Å². The standard InChI is InChI=1S/C14H16F3N3/c1-2-19-5-7-20(8-6-19)12-4-3-11(10-18)13(9-12)14(15,16)17/h3-4,9H,2,5-8H2,1H3. The molecule has 0 saturated carbocycles. The lowest BCUT2D eigenvalue weighted by Crippen LogP contribution is -2.46. The van der Waals surface area contributed by atoms with Gasteiger partial charge in [-0.25, -0.2) is 0 Å². The lowest BCUT2D eigenvalue weighted by Gasteiger charge is -2.35. The highest BCUT2D eigenvalue weighted by Crippen LogP contribution is 2.34. The van der Waals surface area contributed by atoms with E-state index >= 15 is 0 Å². The monoisotopic (exact) mass is 283 g/mol. The van der Waals surface area contributed by atoms with E-state index in [9.17, 15) is 13.2 Å². The lowest BCUT2D eigenvalue weighted by atomic mass is 10.1. The average molecular weight is 283 g/mol. The molecule has 1 aliphatic rings. The van der Waals surface area contributed by atoms with Crippen molar-refractivity contribution in [2.75, 3.05) is 37.6 Å². The predicted molar refractivity (Wildman–Crippen MR) is 70.5 cm³/mol. The number of likely N-dealkylation sites (N-methyl/N-ethyl adjacent to an activating group) is 1. The number of benzene rings is 1. The molecule has 1 aromatic carbocycles. The van der Waals surface area contributed by atoms with Crippen molar-refractivity contribution in [1.82, 2.24) is 4.90 Å². The van der Waals surface area contributed by atoms with Crippen LogP contribution >= 0.6 is 0 Å². The molecule has 108 valence electrons. The first-order valence-corrected chi connectivity index (χ1v) is 6.54. The van der Waals surface area contributed by atoms with Crippen molar-refractivity contribution in [3.63, 3.8) is 0 Å². The van der Waals surface area contributed by atoms with Gasteiger partial charge in [-0.1, -0.05) is 6.92 Å². The molecule has 1 heterocycles. The molecule has 1 aliphatic heterocycles. The van der Waals surface area contributed by atoms with E-state index in [0.717, 1.165) is 25.7 Å². The summed E-state index contributed by atoms with van der Waals surface area (Å²) in [4.78, 5) is 4.19. The second kappa shape index (κ2) is 5.71. The summed E-state index contributed by atoms with van der Waals surface area (Å²) in [5.74, 6) is 0. The summed E-state index contributed by atoms with van der Waals surface area (Å²) in [5.41, 5.74) is -0.643. The van der Waals surface area contributed by atoms with Gasteiger partial charge in [-0.3, -0.25) is 0 Å². The van der Waals surface area contributed by atoms with Crippen molar-refractivity contribution in [2.24, 2.45) is 0 Å². The van der Waals surface area contributed by atoms with Crippen molar-refractivity contribution in [2.45, 2.75) is 13.1 Å². The molecule has 0 amide bonds. The Labute approximate surface area is 116 Å². The molecule has 3 nitrogen and oxygen atoms in total.